The average Bonchev–Trinajstić information content (AvgIpc) is 3.10. The van der Waals surface area contributed by atoms with Crippen LogP contribution in [0.15, 0.2) is 28.8 Å². The van der Waals surface area contributed by atoms with Crippen molar-refractivity contribution in [2.24, 2.45) is 5.92 Å². The molecular formula is C17H19F2N3O4. The van der Waals surface area contributed by atoms with Crippen LogP contribution in [0.4, 0.5) is 8.78 Å². The lowest BCUT2D eigenvalue weighted by Gasteiger charge is -2.29. The number of hydrogen-bond donors (Lipinski definition) is 0. The van der Waals surface area contributed by atoms with Gasteiger partial charge in [0.1, 0.15) is 5.75 Å². The molecule has 7 nitrogen and oxygen atoms in total. The van der Waals surface area contributed by atoms with E-state index >= 15 is 0 Å². The molecule has 1 saturated heterocycles. The molecule has 0 N–H and O–H groups in total. The van der Waals surface area contributed by atoms with Gasteiger partial charge in [0, 0.05) is 0 Å². The Kier molecular flexibility index (Phi) is 5.77. The summed E-state index contributed by atoms with van der Waals surface area (Å²) in [6.07, 6.45) is 1.41. The molecule has 9 heteroatoms. The van der Waals surface area contributed by atoms with Gasteiger partial charge in [-0.05, 0) is 38.1 Å². The van der Waals surface area contributed by atoms with Crippen LogP contribution in [0.5, 0.6) is 5.75 Å². The summed E-state index contributed by atoms with van der Waals surface area (Å²) in [7, 11) is 1.39. The molecule has 0 radical (unpaired) electrons. The number of alkyl halides is 2. The number of benzene rings is 1. The third-order valence-corrected chi connectivity index (χ3v) is 4.29. The predicted molar refractivity (Wildman–Crippen MR) is 86.4 cm³/mol. The van der Waals surface area contributed by atoms with Gasteiger partial charge < -0.3 is 14.0 Å². The van der Waals surface area contributed by atoms with E-state index in [0.717, 1.165) is 0 Å². The van der Waals surface area contributed by atoms with Crippen molar-refractivity contribution in [1.29, 1.82) is 0 Å². The number of likely N-dealkylation sites (tertiary alicyclic amines) is 1. The minimum absolute atomic E-state index is 0.00579. The fourth-order valence-electron chi connectivity index (χ4n) is 2.96. The van der Waals surface area contributed by atoms with Gasteiger partial charge in [-0.3, -0.25) is 9.69 Å². The van der Waals surface area contributed by atoms with Crippen LogP contribution in [0, 0.1) is 5.92 Å². The Labute approximate surface area is 148 Å². The molecule has 2 aromatic rings. The highest BCUT2D eigenvalue weighted by atomic mass is 19.3. The van der Waals surface area contributed by atoms with E-state index in [0.29, 0.717) is 43.9 Å². The average molecular weight is 367 g/mol. The molecule has 0 saturated carbocycles. The number of halogens is 2. The van der Waals surface area contributed by atoms with Crippen molar-refractivity contribution >= 4 is 5.97 Å². The van der Waals surface area contributed by atoms with E-state index in [2.05, 4.69) is 19.8 Å². The quantitative estimate of drug-likeness (QED) is 0.727. The van der Waals surface area contributed by atoms with Gasteiger partial charge in [-0.25, -0.2) is 0 Å². The lowest BCUT2D eigenvalue weighted by atomic mass is 9.97. The first-order valence-corrected chi connectivity index (χ1v) is 8.24. The number of piperidine rings is 1. The van der Waals surface area contributed by atoms with Crippen molar-refractivity contribution in [3.63, 3.8) is 0 Å². The van der Waals surface area contributed by atoms with Crippen molar-refractivity contribution < 1.29 is 27.6 Å². The van der Waals surface area contributed by atoms with Crippen LogP contribution in [0.3, 0.4) is 0 Å². The summed E-state index contributed by atoms with van der Waals surface area (Å²) in [5.41, 5.74) is 0.340. The summed E-state index contributed by atoms with van der Waals surface area (Å²) in [6, 6.07) is 6.29. The first-order chi connectivity index (χ1) is 12.6. The first-order valence-electron chi connectivity index (χ1n) is 8.24. The molecule has 2 heterocycles. The van der Waals surface area contributed by atoms with Crippen LogP contribution in [0.2, 0.25) is 0 Å². The number of hydrogen-bond acceptors (Lipinski definition) is 7. The Hall–Kier alpha value is -2.55. The molecule has 1 aromatic carbocycles. The molecule has 0 bridgehead atoms. The number of esters is 1. The third-order valence-electron chi connectivity index (χ3n) is 4.29. The topological polar surface area (TPSA) is 77.7 Å². The molecule has 1 aliphatic rings. The second kappa shape index (κ2) is 8.22. The number of para-hydroxylation sites is 1. The maximum atomic E-state index is 12.5. The van der Waals surface area contributed by atoms with Crippen molar-refractivity contribution in [3.05, 3.63) is 30.2 Å². The molecule has 1 fully saturated rings. The van der Waals surface area contributed by atoms with Crippen molar-refractivity contribution in [2.75, 3.05) is 20.2 Å². The molecular weight excluding hydrogens is 348 g/mol. The summed E-state index contributed by atoms with van der Waals surface area (Å²) in [4.78, 5) is 17.9. The zero-order valence-electron chi connectivity index (χ0n) is 14.2. The maximum absolute atomic E-state index is 12.5. The van der Waals surface area contributed by atoms with Gasteiger partial charge in [0.25, 0.3) is 0 Å². The summed E-state index contributed by atoms with van der Waals surface area (Å²) < 4.78 is 39.5. The number of methoxy groups -OCH3 is 1. The number of aromatic nitrogens is 2. The van der Waals surface area contributed by atoms with Gasteiger partial charge in [0.2, 0.25) is 11.7 Å². The zero-order valence-corrected chi connectivity index (χ0v) is 14.2. The van der Waals surface area contributed by atoms with Crippen LogP contribution in [0.25, 0.3) is 11.4 Å². The second-order valence-corrected chi connectivity index (χ2v) is 5.96. The largest absolute Gasteiger partial charge is 0.469 e. The minimum Gasteiger partial charge on any atom is -0.469 e. The maximum Gasteiger partial charge on any atom is 0.387 e. The van der Waals surface area contributed by atoms with E-state index in [4.69, 9.17) is 9.26 Å². The van der Waals surface area contributed by atoms with Crippen molar-refractivity contribution in [3.8, 4) is 17.1 Å². The number of ether oxygens (including phenoxy) is 2. The number of carbonyl (C=O) groups excluding carboxylic acids is 1. The molecule has 0 atom stereocenters. The van der Waals surface area contributed by atoms with Gasteiger partial charge in [0.05, 0.1) is 25.1 Å². The number of rotatable bonds is 6. The highest BCUT2D eigenvalue weighted by Crippen LogP contribution is 2.29. The Bertz CT molecular complexity index is 745. The Balaban J connectivity index is 1.64. The summed E-state index contributed by atoms with van der Waals surface area (Å²) in [6.45, 7) is -1.08. The van der Waals surface area contributed by atoms with Crippen LogP contribution < -0.4 is 4.74 Å². The van der Waals surface area contributed by atoms with E-state index in [1.807, 2.05) is 0 Å². The summed E-state index contributed by atoms with van der Waals surface area (Å²) in [5.74, 6) is 0.311. The van der Waals surface area contributed by atoms with Gasteiger partial charge in [-0.1, -0.05) is 17.3 Å². The fraction of sp³-hybridized carbons (Fsp3) is 0.471. The van der Waals surface area contributed by atoms with Gasteiger partial charge in [-0.15, -0.1) is 0 Å². The molecule has 3 rings (SSSR count). The monoisotopic (exact) mass is 367 g/mol. The molecule has 1 aliphatic heterocycles. The molecule has 1 aromatic heterocycles. The van der Waals surface area contributed by atoms with E-state index in [9.17, 15) is 13.6 Å². The standard InChI is InChI=1S/C17H19F2N3O4/c1-24-16(23)11-6-8-22(9-7-11)10-14-20-15(21-26-14)12-4-2-3-5-13(12)25-17(18)19/h2-5,11,17H,6-10H2,1H3. The van der Waals surface area contributed by atoms with Gasteiger partial charge >= 0.3 is 12.6 Å². The molecule has 26 heavy (non-hydrogen) atoms. The molecule has 140 valence electrons. The molecule has 0 amide bonds. The normalized spacial score (nSPS) is 16.0. The SMILES string of the molecule is COC(=O)C1CCN(Cc2nc(-c3ccccc3OC(F)F)no2)CC1. The molecule has 0 spiro atoms. The van der Waals surface area contributed by atoms with E-state index in [1.165, 1.54) is 13.2 Å². The third kappa shape index (κ3) is 4.34. The predicted octanol–water partition coefficient (Wildman–Crippen LogP) is 2.72. The fourth-order valence-corrected chi connectivity index (χ4v) is 2.96. The Morgan fingerprint density at radius 1 is 1.35 bits per heavy atom. The van der Waals surface area contributed by atoms with Crippen LogP contribution in [-0.2, 0) is 16.1 Å². The van der Waals surface area contributed by atoms with Crippen molar-refractivity contribution in [2.45, 2.75) is 26.0 Å². The van der Waals surface area contributed by atoms with Crippen molar-refractivity contribution in [1.82, 2.24) is 15.0 Å². The zero-order chi connectivity index (χ0) is 18.5. The number of carbonyl (C=O) groups is 1. The van der Waals surface area contributed by atoms with Crippen LogP contribution >= 0.6 is 0 Å². The number of nitrogens with zero attached hydrogens (tertiary/aromatic N) is 3. The van der Waals surface area contributed by atoms with E-state index < -0.39 is 6.61 Å². The summed E-state index contributed by atoms with van der Waals surface area (Å²) in [5, 5.41) is 3.86. The molecule has 0 aliphatic carbocycles. The van der Waals surface area contributed by atoms with Crippen LogP contribution in [0.1, 0.15) is 18.7 Å². The highest BCUT2D eigenvalue weighted by Gasteiger charge is 2.26. The highest BCUT2D eigenvalue weighted by molar-refractivity contribution is 5.72. The van der Waals surface area contributed by atoms with Crippen LogP contribution in [-0.4, -0.2) is 47.8 Å². The summed E-state index contributed by atoms with van der Waals surface area (Å²) >= 11 is 0. The van der Waals surface area contributed by atoms with E-state index in [-0.39, 0.29) is 23.5 Å². The van der Waals surface area contributed by atoms with Gasteiger partial charge in [0.15, 0.2) is 0 Å². The smallest absolute Gasteiger partial charge is 0.387 e. The second-order valence-electron chi connectivity index (χ2n) is 5.96. The molecule has 0 unspecified atom stereocenters. The Morgan fingerprint density at radius 3 is 2.77 bits per heavy atom. The lowest BCUT2D eigenvalue weighted by Crippen LogP contribution is -2.36. The first kappa shape index (κ1) is 18.2. The Morgan fingerprint density at radius 2 is 2.08 bits per heavy atom. The lowest BCUT2D eigenvalue weighted by molar-refractivity contribution is -0.147. The van der Waals surface area contributed by atoms with Gasteiger partial charge in [-0.2, -0.15) is 13.8 Å². The van der Waals surface area contributed by atoms with E-state index in [1.54, 1.807) is 18.2 Å². The minimum atomic E-state index is -2.93.